The van der Waals surface area contributed by atoms with Gasteiger partial charge in [0.25, 0.3) is 0 Å². The number of aryl methyl sites for hydroxylation is 1. The molecule has 3 heterocycles. The van der Waals surface area contributed by atoms with Gasteiger partial charge in [-0.25, -0.2) is 4.52 Å². The van der Waals surface area contributed by atoms with Gasteiger partial charge in [-0.1, -0.05) is 6.07 Å². The average molecular weight is 226 g/mol. The van der Waals surface area contributed by atoms with E-state index < -0.39 is 0 Å². The maximum absolute atomic E-state index is 12.2. The molecule has 0 aliphatic carbocycles. The molecule has 0 fully saturated rings. The largest absolute Gasteiger partial charge is 0.287 e. The molecule has 0 saturated heterocycles. The first-order valence-corrected chi connectivity index (χ1v) is 5.22. The molecule has 0 saturated carbocycles. The molecule has 0 atom stereocenters. The van der Waals surface area contributed by atoms with E-state index in [2.05, 4.69) is 10.2 Å². The van der Waals surface area contributed by atoms with Crippen molar-refractivity contribution in [1.82, 2.24) is 19.4 Å². The average Bonchev–Trinajstić information content (AvgIpc) is 2.94. The number of ketones is 1. The molecule has 0 bridgehead atoms. The Labute approximate surface area is 97.3 Å². The smallest absolute Gasteiger partial charge is 0.217 e. The summed E-state index contributed by atoms with van der Waals surface area (Å²) >= 11 is 0. The van der Waals surface area contributed by atoms with E-state index in [9.17, 15) is 4.79 Å². The Morgan fingerprint density at radius 3 is 2.88 bits per heavy atom. The lowest BCUT2D eigenvalue weighted by atomic mass is 10.1. The topological polar surface area (TPSA) is 52.2 Å². The minimum absolute atomic E-state index is 0.105. The fourth-order valence-electron chi connectivity index (χ4n) is 1.78. The van der Waals surface area contributed by atoms with Gasteiger partial charge in [-0.05, 0) is 18.2 Å². The molecule has 3 aromatic heterocycles. The predicted molar refractivity (Wildman–Crippen MR) is 61.8 cm³/mol. The monoisotopic (exact) mass is 226 g/mol. The van der Waals surface area contributed by atoms with Crippen LogP contribution in [0.5, 0.6) is 0 Å². The van der Waals surface area contributed by atoms with Crippen LogP contribution in [0.3, 0.4) is 0 Å². The molecule has 0 aromatic carbocycles. The van der Waals surface area contributed by atoms with Gasteiger partial charge in [-0.2, -0.15) is 10.2 Å². The van der Waals surface area contributed by atoms with E-state index in [1.807, 2.05) is 24.4 Å². The van der Waals surface area contributed by atoms with Gasteiger partial charge in [0.2, 0.25) is 5.78 Å². The Morgan fingerprint density at radius 1 is 1.24 bits per heavy atom. The second kappa shape index (κ2) is 3.55. The Balaban J connectivity index is 2.13. The summed E-state index contributed by atoms with van der Waals surface area (Å²) in [5.41, 5.74) is 1.80. The zero-order valence-electron chi connectivity index (χ0n) is 9.24. The molecule has 0 amide bonds. The molecule has 0 spiro atoms. The van der Waals surface area contributed by atoms with E-state index in [4.69, 9.17) is 0 Å². The molecule has 0 N–H and O–H groups in total. The van der Waals surface area contributed by atoms with E-state index in [0.29, 0.717) is 11.3 Å². The van der Waals surface area contributed by atoms with Gasteiger partial charge in [0.15, 0.2) is 0 Å². The lowest BCUT2D eigenvalue weighted by molar-refractivity contribution is 0.103. The highest BCUT2D eigenvalue weighted by Crippen LogP contribution is 2.14. The van der Waals surface area contributed by atoms with Crippen LogP contribution in [0.25, 0.3) is 5.52 Å². The van der Waals surface area contributed by atoms with E-state index in [1.165, 1.54) is 0 Å². The standard InChI is InChI=1S/C12H10N4O/c1-15-7-5-10(14-15)12(17)9-8-13-16-6-3-2-4-11(9)16/h2-8H,1H3. The highest BCUT2D eigenvalue weighted by Gasteiger charge is 2.16. The van der Waals surface area contributed by atoms with Crippen LogP contribution in [0.1, 0.15) is 16.1 Å². The fraction of sp³-hybridized carbons (Fsp3) is 0.0833. The number of pyridine rings is 1. The third kappa shape index (κ3) is 1.52. The summed E-state index contributed by atoms with van der Waals surface area (Å²) in [4.78, 5) is 12.2. The van der Waals surface area contributed by atoms with Crippen molar-refractivity contribution in [3.8, 4) is 0 Å². The molecule has 0 unspecified atom stereocenters. The van der Waals surface area contributed by atoms with Crippen LogP contribution in [-0.2, 0) is 7.05 Å². The lowest BCUT2D eigenvalue weighted by Gasteiger charge is -1.95. The minimum atomic E-state index is -0.105. The molecule has 3 rings (SSSR count). The number of carbonyl (C=O) groups excluding carboxylic acids is 1. The second-order valence-electron chi connectivity index (χ2n) is 3.79. The first-order chi connectivity index (χ1) is 8.25. The second-order valence-corrected chi connectivity index (χ2v) is 3.79. The normalized spacial score (nSPS) is 10.9. The number of aromatic nitrogens is 4. The van der Waals surface area contributed by atoms with Crippen molar-refractivity contribution < 1.29 is 4.79 Å². The van der Waals surface area contributed by atoms with Crippen molar-refractivity contribution in [2.75, 3.05) is 0 Å². The molecular weight excluding hydrogens is 216 g/mol. The van der Waals surface area contributed by atoms with Crippen molar-refractivity contribution in [3.05, 3.63) is 54.1 Å². The van der Waals surface area contributed by atoms with Crippen molar-refractivity contribution in [2.24, 2.45) is 7.05 Å². The van der Waals surface area contributed by atoms with Crippen molar-refractivity contribution in [1.29, 1.82) is 0 Å². The minimum Gasteiger partial charge on any atom is -0.287 e. The van der Waals surface area contributed by atoms with E-state index in [-0.39, 0.29) is 5.78 Å². The summed E-state index contributed by atoms with van der Waals surface area (Å²) in [7, 11) is 1.78. The summed E-state index contributed by atoms with van der Waals surface area (Å²) in [5, 5.41) is 8.24. The molecule has 17 heavy (non-hydrogen) atoms. The van der Waals surface area contributed by atoms with Gasteiger partial charge >= 0.3 is 0 Å². The Hall–Kier alpha value is -2.43. The number of fused-ring (bicyclic) bond motifs is 1. The molecule has 0 aliphatic rings. The number of nitrogens with zero attached hydrogens (tertiary/aromatic N) is 4. The number of hydrogen-bond acceptors (Lipinski definition) is 3. The van der Waals surface area contributed by atoms with Crippen molar-refractivity contribution in [2.45, 2.75) is 0 Å². The van der Waals surface area contributed by atoms with Crippen molar-refractivity contribution in [3.63, 3.8) is 0 Å². The Kier molecular flexibility index (Phi) is 2.04. The molecule has 84 valence electrons. The summed E-state index contributed by atoms with van der Waals surface area (Å²) in [6.07, 6.45) is 5.13. The van der Waals surface area contributed by atoms with Crippen LogP contribution in [0.4, 0.5) is 0 Å². The summed E-state index contributed by atoms with van der Waals surface area (Å²) in [5.74, 6) is -0.105. The molecule has 5 nitrogen and oxygen atoms in total. The summed E-state index contributed by atoms with van der Waals surface area (Å²) in [6, 6.07) is 7.32. The Bertz CT molecular complexity index is 695. The van der Waals surface area contributed by atoms with Gasteiger partial charge in [0, 0.05) is 19.4 Å². The van der Waals surface area contributed by atoms with Crippen LogP contribution in [0.15, 0.2) is 42.9 Å². The highest BCUT2D eigenvalue weighted by atomic mass is 16.1. The number of rotatable bonds is 2. The van der Waals surface area contributed by atoms with Crippen molar-refractivity contribution >= 4 is 11.3 Å². The third-order valence-electron chi connectivity index (χ3n) is 2.62. The molecule has 5 heteroatoms. The maximum Gasteiger partial charge on any atom is 0.217 e. The van der Waals surface area contributed by atoms with Gasteiger partial charge in [-0.3, -0.25) is 9.48 Å². The lowest BCUT2D eigenvalue weighted by Crippen LogP contribution is -2.03. The van der Waals surface area contributed by atoms with Crippen LogP contribution in [0.2, 0.25) is 0 Å². The van der Waals surface area contributed by atoms with Gasteiger partial charge < -0.3 is 0 Å². The quantitative estimate of drug-likeness (QED) is 0.619. The SMILES string of the molecule is Cn1ccc(C(=O)c2cnn3ccccc23)n1. The molecule has 3 aromatic rings. The zero-order chi connectivity index (χ0) is 11.8. The fourth-order valence-corrected chi connectivity index (χ4v) is 1.78. The van der Waals surface area contributed by atoms with Gasteiger partial charge in [0.1, 0.15) is 5.69 Å². The van der Waals surface area contributed by atoms with E-state index in [1.54, 1.807) is 34.7 Å². The zero-order valence-corrected chi connectivity index (χ0v) is 9.24. The third-order valence-corrected chi connectivity index (χ3v) is 2.62. The maximum atomic E-state index is 12.2. The van der Waals surface area contributed by atoms with Crippen LogP contribution in [-0.4, -0.2) is 25.2 Å². The Morgan fingerprint density at radius 2 is 2.12 bits per heavy atom. The molecular formula is C12H10N4O. The molecule has 0 aliphatic heterocycles. The van der Waals surface area contributed by atoms with Crippen LogP contribution >= 0.6 is 0 Å². The highest BCUT2D eigenvalue weighted by molar-refractivity contribution is 6.11. The van der Waals surface area contributed by atoms with Crippen LogP contribution in [0, 0.1) is 0 Å². The predicted octanol–water partition coefficient (Wildman–Crippen LogP) is 1.30. The van der Waals surface area contributed by atoms with Crippen LogP contribution < -0.4 is 0 Å². The van der Waals surface area contributed by atoms with E-state index in [0.717, 1.165) is 5.52 Å². The number of carbonyl (C=O) groups is 1. The van der Waals surface area contributed by atoms with Gasteiger partial charge in [0.05, 0.1) is 17.3 Å². The number of hydrogen-bond donors (Lipinski definition) is 0. The molecule has 0 radical (unpaired) electrons. The van der Waals surface area contributed by atoms with E-state index >= 15 is 0 Å². The first-order valence-electron chi connectivity index (χ1n) is 5.22. The first kappa shape index (κ1) is 9.77. The van der Waals surface area contributed by atoms with Gasteiger partial charge in [-0.15, -0.1) is 0 Å². The summed E-state index contributed by atoms with van der Waals surface area (Å²) in [6.45, 7) is 0. The summed E-state index contributed by atoms with van der Waals surface area (Å²) < 4.78 is 3.29.